The van der Waals surface area contributed by atoms with Crippen molar-refractivity contribution in [1.29, 1.82) is 0 Å². The maximum atomic E-state index is 12.2. The topological polar surface area (TPSA) is 58.1 Å². The summed E-state index contributed by atoms with van der Waals surface area (Å²) in [6.07, 6.45) is 10.1. The van der Waals surface area contributed by atoms with E-state index >= 15 is 0 Å². The lowest BCUT2D eigenvalue weighted by atomic mass is 9.97. The molecular formula is C24H34N4OS. The Morgan fingerprint density at radius 2 is 1.83 bits per heavy atom. The number of benzene rings is 1. The van der Waals surface area contributed by atoms with Crippen LogP contribution in [0.15, 0.2) is 24.3 Å². The molecule has 1 aliphatic heterocycles. The lowest BCUT2D eigenvalue weighted by Crippen LogP contribution is -2.38. The molecule has 0 unspecified atom stereocenters. The lowest BCUT2D eigenvalue weighted by molar-refractivity contribution is -0.121. The molecule has 2 aliphatic rings. The van der Waals surface area contributed by atoms with Crippen molar-refractivity contribution >= 4 is 22.6 Å². The molecule has 2 fully saturated rings. The number of aromatic nitrogens is 2. The first-order chi connectivity index (χ1) is 14.7. The van der Waals surface area contributed by atoms with Crippen molar-refractivity contribution < 1.29 is 4.79 Å². The maximum Gasteiger partial charge on any atom is 0.220 e. The van der Waals surface area contributed by atoms with Gasteiger partial charge in [0.2, 0.25) is 11.0 Å². The van der Waals surface area contributed by atoms with Gasteiger partial charge in [0.1, 0.15) is 5.82 Å². The fourth-order valence-electron chi connectivity index (χ4n) is 4.64. The molecule has 5 nitrogen and oxygen atoms in total. The van der Waals surface area contributed by atoms with Gasteiger partial charge >= 0.3 is 0 Å². The molecule has 1 aliphatic carbocycles. The SMILES string of the molecule is Cc1ccc(Cc2nsc(N3CCC(CNC(=O)CCC4CCCC4)CC3)n2)cc1. The maximum absolute atomic E-state index is 12.2. The number of amides is 1. The van der Waals surface area contributed by atoms with Gasteiger partial charge in [-0.05, 0) is 43.6 Å². The van der Waals surface area contributed by atoms with Crippen LogP contribution in [0.4, 0.5) is 5.13 Å². The Bertz CT molecular complexity index is 805. The molecule has 0 atom stereocenters. The van der Waals surface area contributed by atoms with Crippen molar-refractivity contribution in [3.8, 4) is 0 Å². The molecule has 1 saturated heterocycles. The first kappa shape index (κ1) is 21.3. The van der Waals surface area contributed by atoms with E-state index in [1.165, 1.54) is 48.3 Å². The van der Waals surface area contributed by atoms with E-state index in [-0.39, 0.29) is 5.91 Å². The lowest BCUT2D eigenvalue weighted by Gasteiger charge is -2.31. The number of rotatable bonds is 8. The van der Waals surface area contributed by atoms with E-state index < -0.39 is 0 Å². The van der Waals surface area contributed by atoms with Gasteiger partial charge in [0.15, 0.2) is 0 Å². The van der Waals surface area contributed by atoms with Crippen LogP contribution in [0.2, 0.25) is 0 Å². The Labute approximate surface area is 184 Å². The number of aryl methyl sites for hydroxylation is 1. The van der Waals surface area contributed by atoms with Crippen molar-refractivity contribution in [3.63, 3.8) is 0 Å². The summed E-state index contributed by atoms with van der Waals surface area (Å²) in [5, 5.41) is 4.22. The number of hydrogen-bond acceptors (Lipinski definition) is 5. The van der Waals surface area contributed by atoms with Crippen LogP contribution in [-0.2, 0) is 11.2 Å². The summed E-state index contributed by atoms with van der Waals surface area (Å²) in [4.78, 5) is 19.3. The number of carbonyl (C=O) groups excluding carboxylic acids is 1. The Kier molecular flexibility index (Phi) is 7.37. The first-order valence-corrected chi connectivity index (χ1v) is 12.3. The Morgan fingerprint density at radius 1 is 1.10 bits per heavy atom. The fraction of sp³-hybridized carbons (Fsp3) is 0.625. The van der Waals surface area contributed by atoms with Crippen LogP contribution in [0.25, 0.3) is 0 Å². The van der Waals surface area contributed by atoms with Crippen molar-refractivity contribution in [2.75, 3.05) is 24.5 Å². The summed E-state index contributed by atoms with van der Waals surface area (Å²) in [6, 6.07) is 8.59. The van der Waals surface area contributed by atoms with Gasteiger partial charge in [0, 0.05) is 44.0 Å². The van der Waals surface area contributed by atoms with Gasteiger partial charge in [-0.15, -0.1) is 0 Å². The Balaban J connectivity index is 1.17. The molecule has 6 heteroatoms. The number of hydrogen-bond donors (Lipinski definition) is 1. The minimum absolute atomic E-state index is 0.245. The summed E-state index contributed by atoms with van der Waals surface area (Å²) in [6.45, 7) is 4.93. The molecular weight excluding hydrogens is 392 g/mol. The number of anilines is 1. The van der Waals surface area contributed by atoms with E-state index in [2.05, 4.69) is 45.8 Å². The molecule has 0 bridgehead atoms. The third-order valence-electron chi connectivity index (χ3n) is 6.67. The van der Waals surface area contributed by atoms with Gasteiger partial charge in [-0.1, -0.05) is 55.5 Å². The molecule has 0 spiro atoms. The first-order valence-electron chi connectivity index (χ1n) is 11.6. The van der Waals surface area contributed by atoms with Crippen LogP contribution in [0, 0.1) is 18.8 Å². The third-order valence-corrected chi connectivity index (χ3v) is 7.48. The highest BCUT2D eigenvalue weighted by Crippen LogP contribution is 2.28. The van der Waals surface area contributed by atoms with E-state index in [4.69, 9.17) is 4.98 Å². The van der Waals surface area contributed by atoms with Crippen LogP contribution in [0.3, 0.4) is 0 Å². The Morgan fingerprint density at radius 3 is 2.57 bits per heavy atom. The second-order valence-corrected chi connectivity index (χ2v) is 9.81. The van der Waals surface area contributed by atoms with Crippen LogP contribution >= 0.6 is 11.5 Å². The molecule has 1 saturated carbocycles. The molecule has 2 aromatic rings. The Hall–Kier alpha value is -1.95. The molecule has 162 valence electrons. The largest absolute Gasteiger partial charge is 0.356 e. The number of piperidine rings is 1. The molecule has 1 amide bonds. The zero-order chi connectivity index (χ0) is 20.8. The van der Waals surface area contributed by atoms with Crippen LogP contribution < -0.4 is 10.2 Å². The average Bonchev–Trinajstić information content (AvgIpc) is 3.45. The fourth-order valence-corrected chi connectivity index (χ4v) is 5.38. The molecule has 4 rings (SSSR count). The second-order valence-electron chi connectivity index (χ2n) is 9.08. The molecule has 1 N–H and O–H groups in total. The minimum atomic E-state index is 0.245. The highest BCUT2D eigenvalue weighted by Gasteiger charge is 2.23. The number of carbonyl (C=O) groups is 1. The van der Waals surface area contributed by atoms with E-state index in [1.807, 2.05) is 0 Å². The van der Waals surface area contributed by atoms with Gasteiger partial charge in [-0.25, -0.2) is 4.98 Å². The third kappa shape index (κ3) is 6.03. The summed E-state index contributed by atoms with van der Waals surface area (Å²) in [5.74, 6) is 2.53. The van der Waals surface area contributed by atoms with Crippen LogP contribution in [0.1, 0.15) is 68.3 Å². The predicted molar refractivity (Wildman–Crippen MR) is 123 cm³/mol. The monoisotopic (exact) mass is 426 g/mol. The standard InChI is InChI=1S/C24H34N4OS/c1-18-6-8-20(9-7-18)16-22-26-24(30-27-22)28-14-12-21(13-15-28)17-25-23(29)11-10-19-4-2-3-5-19/h6-9,19,21H,2-5,10-17H2,1H3,(H,25,29). The van der Waals surface area contributed by atoms with Gasteiger partial charge in [0.25, 0.3) is 0 Å². The predicted octanol–water partition coefficient (Wildman–Crippen LogP) is 4.74. The molecule has 1 aromatic heterocycles. The zero-order valence-corrected chi connectivity index (χ0v) is 18.9. The van der Waals surface area contributed by atoms with E-state index in [9.17, 15) is 4.79 Å². The van der Waals surface area contributed by atoms with E-state index in [1.54, 1.807) is 0 Å². The smallest absolute Gasteiger partial charge is 0.220 e. The van der Waals surface area contributed by atoms with Crippen molar-refractivity contribution in [3.05, 3.63) is 41.2 Å². The van der Waals surface area contributed by atoms with Gasteiger partial charge in [0.05, 0.1) is 0 Å². The molecule has 1 aromatic carbocycles. The highest BCUT2D eigenvalue weighted by atomic mass is 32.1. The average molecular weight is 427 g/mol. The van der Waals surface area contributed by atoms with Crippen molar-refractivity contribution in [1.82, 2.24) is 14.7 Å². The van der Waals surface area contributed by atoms with Crippen LogP contribution in [0.5, 0.6) is 0 Å². The van der Waals surface area contributed by atoms with Gasteiger partial charge < -0.3 is 10.2 Å². The normalized spacial score (nSPS) is 18.1. The van der Waals surface area contributed by atoms with E-state index in [0.717, 1.165) is 62.2 Å². The zero-order valence-electron chi connectivity index (χ0n) is 18.1. The minimum Gasteiger partial charge on any atom is -0.356 e. The highest BCUT2D eigenvalue weighted by molar-refractivity contribution is 7.09. The quantitative estimate of drug-likeness (QED) is 0.662. The number of nitrogens with one attached hydrogen (secondary N) is 1. The van der Waals surface area contributed by atoms with Gasteiger partial charge in [-0.3, -0.25) is 4.79 Å². The van der Waals surface area contributed by atoms with Crippen LogP contribution in [-0.4, -0.2) is 34.9 Å². The molecule has 2 heterocycles. The number of nitrogens with zero attached hydrogens (tertiary/aromatic N) is 3. The van der Waals surface area contributed by atoms with Gasteiger partial charge in [-0.2, -0.15) is 4.37 Å². The van der Waals surface area contributed by atoms with Crippen molar-refractivity contribution in [2.45, 2.75) is 64.7 Å². The van der Waals surface area contributed by atoms with E-state index in [0.29, 0.717) is 12.3 Å². The summed E-state index contributed by atoms with van der Waals surface area (Å²) in [5.41, 5.74) is 2.53. The summed E-state index contributed by atoms with van der Waals surface area (Å²) < 4.78 is 4.57. The summed E-state index contributed by atoms with van der Waals surface area (Å²) in [7, 11) is 0. The molecule has 30 heavy (non-hydrogen) atoms. The second kappa shape index (κ2) is 10.4. The summed E-state index contributed by atoms with van der Waals surface area (Å²) >= 11 is 1.51. The van der Waals surface area contributed by atoms with Crippen molar-refractivity contribution in [2.24, 2.45) is 11.8 Å². The molecule has 0 radical (unpaired) electrons.